The molecule has 0 saturated heterocycles. The number of rotatable bonds is 7. The number of halogens is 1. The van der Waals surface area contributed by atoms with Crippen molar-refractivity contribution < 1.29 is 9.18 Å². The van der Waals surface area contributed by atoms with Crippen LogP contribution < -0.4 is 5.32 Å². The molecule has 2 aromatic rings. The Morgan fingerprint density at radius 1 is 1.39 bits per heavy atom. The molecular weight excluding hydrogens is 295 g/mol. The van der Waals surface area contributed by atoms with E-state index in [9.17, 15) is 9.18 Å². The number of nitrogens with one attached hydrogen (secondary N) is 1. The molecule has 0 fully saturated rings. The van der Waals surface area contributed by atoms with Crippen molar-refractivity contribution in [2.45, 2.75) is 39.0 Å². The van der Waals surface area contributed by atoms with E-state index in [2.05, 4.69) is 10.4 Å². The van der Waals surface area contributed by atoms with E-state index in [1.165, 1.54) is 12.1 Å². The topological polar surface area (TPSA) is 50.2 Å². The van der Waals surface area contributed by atoms with Gasteiger partial charge in [0.25, 0.3) is 0 Å². The quantitative estimate of drug-likeness (QED) is 0.850. The lowest BCUT2D eigenvalue weighted by atomic mass is 10.2. The number of aromatic nitrogens is 2. The largest absolute Gasteiger partial charge is 0.340 e. The van der Waals surface area contributed by atoms with Crippen LogP contribution in [-0.2, 0) is 17.9 Å². The highest BCUT2D eigenvalue weighted by Gasteiger charge is 2.19. The Morgan fingerprint density at radius 2 is 2.17 bits per heavy atom. The summed E-state index contributed by atoms with van der Waals surface area (Å²) in [7, 11) is 1.73. The molecule has 6 heteroatoms. The molecule has 1 aromatic carbocycles. The van der Waals surface area contributed by atoms with Crippen LogP contribution in [0.25, 0.3) is 0 Å². The van der Waals surface area contributed by atoms with E-state index < -0.39 is 0 Å². The number of nitrogens with zero attached hydrogens (tertiary/aromatic N) is 3. The average molecular weight is 318 g/mol. The Bertz CT molecular complexity index is 629. The summed E-state index contributed by atoms with van der Waals surface area (Å²) in [5.41, 5.74) is 0.776. The number of hydrogen-bond acceptors (Lipinski definition) is 3. The van der Waals surface area contributed by atoms with Crippen molar-refractivity contribution in [1.29, 1.82) is 0 Å². The lowest BCUT2D eigenvalue weighted by molar-refractivity contribution is -0.132. The van der Waals surface area contributed by atoms with Gasteiger partial charge in [0.05, 0.1) is 12.6 Å². The predicted molar refractivity (Wildman–Crippen MR) is 87.2 cm³/mol. The summed E-state index contributed by atoms with van der Waals surface area (Å²) in [6, 6.07) is 7.96. The second-order valence-electron chi connectivity index (χ2n) is 5.84. The lowest BCUT2D eigenvalue weighted by Crippen LogP contribution is -2.47. The van der Waals surface area contributed by atoms with Crippen LogP contribution >= 0.6 is 0 Å². The monoisotopic (exact) mass is 318 g/mol. The molecular formula is C17H23FN4O. The Hall–Kier alpha value is -2.21. The zero-order valence-corrected chi connectivity index (χ0v) is 13.7. The first kappa shape index (κ1) is 17.1. The van der Waals surface area contributed by atoms with Crippen LogP contribution in [-0.4, -0.2) is 39.7 Å². The average Bonchev–Trinajstić information content (AvgIpc) is 2.99. The SMILES string of the molecule is C[C@H](Cn1cccn1)N[C@@H](C)C(=O)N(C)Cc1cccc(F)c1. The third kappa shape index (κ3) is 5.17. The van der Waals surface area contributed by atoms with Gasteiger partial charge in [-0.2, -0.15) is 5.10 Å². The van der Waals surface area contributed by atoms with Crippen LogP contribution in [0.15, 0.2) is 42.7 Å². The van der Waals surface area contributed by atoms with Gasteiger partial charge in [0.15, 0.2) is 0 Å². The van der Waals surface area contributed by atoms with Crippen LogP contribution in [0.3, 0.4) is 0 Å². The Balaban J connectivity index is 1.85. The zero-order valence-electron chi connectivity index (χ0n) is 13.7. The second kappa shape index (κ2) is 7.87. The van der Waals surface area contributed by atoms with Crippen molar-refractivity contribution in [2.24, 2.45) is 0 Å². The third-order valence-corrected chi connectivity index (χ3v) is 3.61. The molecule has 5 nitrogen and oxygen atoms in total. The van der Waals surface area contributed by atoms with Gasteiger partial charge in [-0.25, -0.2) is 4.39 Å². The van der Waals surface area contributed by atoms with Crippen molar-refractivity contribution in [3.63, 3.8) is 0 Å². The maximum absolute atomic E-state index is 13.2. The molecule has 2 atom stereocenters. The zero-order chi connectivity index (χ0) is 16.8. The van der Waals surface area contributed by atoms with E-state index in [-0.39, 0.29) is 23.8 Å². The summed E-state index contributed by atoms with van der Waals surface area (Å²) >= 11 is 0. The van der Waals surface area contributed by atoms with Crippen LogP contribution in [0.1, 0.15) is 19.4 Å². The van der Waals surface area contributed by atoms with Gasteiger partial charge in [-0.05, 0) is 37.6 Å². The van der Waals surface area contributed by atoms with Crippen LogP contribution in [0.2, 0.25) is 0 Å². The minimum Gasteiger partial charge on any atom is -0.340 e. The highest BCUT2D eigenvalue weighted by molar-refractivity contribution is 5.81. The fourth-order valence-electron chi connectivity index (χ4n) is 2.56. The smallest absolute Gasteiger partial charge is 0.239 e. The molecule has 1 aromatic heterocycles. The van der Waals surface area contributed by atoms with E-state index in [1.54, 1.807) is 24.2 Å². The number of amides is 1. The summed E-state index contributed by atoms with van der Waals surface area (Å²) in [6.45, 7) is 4.93. The van der Waals surface area contributed by atoms with Gasteiger partial charge in [-0.1, -0.05) is 12.1 Å². The molecule has 124 valence electrons. The highest BCUT2D eigenvalue weighted by Crippen LogP contribution is 2.07. The summed E-state index contributed by atoms with van der Waals surface area (Å²) in [4.78, 5) is 14.0. The van der Waals surface area contributed by atoms with E-state index in [4.69, 9.17) is 0 Å². The lowest BCUT2D eigenvalue weighted by Gasteiger charge is -2.25. The van der Waals surface area contributed by atoms with Gasteiger partial charge in [0.1, 0.15) is 5.82 Å². The summed E-state index contributed by atoms with van der Waals surface area (Å²) in [6.07, 6.45) is 3.62. The minimum absolute atomic E-state index is 0.0263. The molecule has 2 rings (SSSR count). The van der Waals surface area contributed by atoms with Crippen molar-refractivity contribution >= 4 is 5.91 Å². The highest BCUT2D eigenvalue weighted by atomic mass is 19.1. The first-order valence-corrected chi connectivity index (χ1v) is 7.68. The first-order valence-electron chi connectivity index (χ1n) is 7.68. The predicted octanol–water partition coefficient (Wildman–Crippen LogP) is 2.05. The molecule has 0 aliphatic rings. The molecule has 0 spiro atoms. The van der Waals surface area contributed by atoms with Crippen LogP contribution in [0, 0.1) is 5.82 Å². The van der Waals surface area contributed by atoms with E-state index in [0.717, 1.165) is 5.56 Å². The number of carbonyl (C=O) groups excluding carboxylic acids is 1. The molecule has 0 radical (unpaired) electrons. The molecule has 0 unspecified atom stereocenters. The van der Waals surface area contributed by atoms with Crippen LogP contribution in [0.5, 0.6) is 0 Å². The fraction of sp³-hybridized carbons (Fsp3) is 0.412. The molecule has 1 heterocycles. The van der Waals surface area contributed by atoms with Crippen LogP contribution in [0.4, 0.5) is 4.39 Å². The normalized spacial score (nSPS) is 13.6. The van der Waals surface area contributed by atoms with Gasteiger partial charge < -0.3 is 10.2 Å². The maximum atomic E-state index is 13.2. The fourth-order valence-corrected chi connectivity index (χ4v) is 2.56. The Labute approximate surface area is 136 Å². The molecule has 0 aliphatic heterocycles. The number of hydrogen-bond donors (Lipinski definition) is 1. The van der Waals surface area contributed by atoms with Crippen molar-refractivity contribution in [3.8, 4) is 0 Å². The Morgan fingerprint density at radius 3 is 2.83 bits per heavy atom. The van der Waals surface area contributed by atoms with E-state index in [1.807, 2.05) is 36.9 Å². The summed E-state index contributed by atoms with van der Waals surface area (Å²) in [5, 5.41) is 7.42. The summed E-state index contributed by atoms with van der Waals surface area (Å²) < 4.78 is 15.0. The molecule has 23 heavy (non-hydrogen) atoms. The standard InChI is InChI=1S/C17H23FN4O/c1-13(11-22-9-5-8-19-22)20-14(2)17(23)21(3)12-15-6-4-7-16(18)10-15/h4-10,13-14,20H,11-12H2,1-3H3/t13-,14+/m1/s1. The molecule has 1 N–H and O–H groups in total. The van der Waals surface area contributed by atoms with Gasteiger partial charge >= 0.3 is 0 Å². The number of carbonyl (C=O) groups is 1. The second-order valence-corrected chi connectivity index (χ2v) is 5.84. The van der Waals surface area contributed by atoms with Gasteiger partial charge in [0, 0.05) is 32.0 Å². The van der Waals surface area contributed by atoms with Gasteiger partial charge in [-0.15, -0.1) is 0 Å². The number of benzene rings is 1. The number of likely N-dealkylation sites (N-methyl/N-ethyl adjacent to an activating group) is 1. The first-order chi connectivity index (χ1) is 11.0. The van der Waals surface area contributed by atoms with Gasteiger partial charge in [-0.3, -0.25) is 9.48 Å². The molecule has 0 aliphatic carbocycles. The van der Waals surface area contributed by atoms with E-state index in [0.29, 0.717) is 13.1 Å². The Kier molecular flexibility index (Phi) is 5.87. The van der Waals surface area contributed by atoms with Gasteiger partial charge in [0.2, 0.25) is 5.91 Å². The minimum atomic E-state index is -0.320. The van der Waals surface area contributed by atoms with E-state index >= 15 is 0 Å². The summed E-state index contributed by atoms with van der Waals surface area (Å²) in [5.74, 6) is -0.316. The van der Waals surface area contributed by atoms with Crippen molar-refractivity contribution in [1.82, 2.24) is 20.0 Å². The van der Waals surface area contributed by atoms with Crippen molar-refractivity contribution in [3.05, 3.63) is 54.1 Å². The molecule has 0 saturated carbocycles. The molecule has 0 bridgehead atoms. The maximum Gasteiger partial charge on any atom is 0.239 e. The van der Waals surface area contributed by atoms with Crippen molar-refractivity contribution in [2.75, 3.05) is 7.05 Å². The molecule has 1 amide bonds. The third-order valence-electron chi connectivity index (χ3n) is 3.61.